The smallest absolute Gasteiger partial charge is 0.214 e. The van der Waals surface area contributed by atoms with Crippen molar-refractivity contribution >= 4 is 10.0 Å². The molecule has 4 nitrogen and oxygen atoms in total. The van der Waals surface area contributed by atoms with E-state index in [1.54, 1.807) is 13.8 Å². The molecule has 0 saturated carbocycles. The van der Waals surface area contributed by atoms with E-state index in [1.165, 1.54) is 5.56 Å². The lowest BCUT2D eigenvalue weighted by Gasteiger charge is -2.33. The molecule has 25 heavy (non-hydrogen) atoms. The number of rotatable bonds is 5. The molecule has 0 radical (unpaired) electrons. The van der Waals surface area contributed by atoms with Crippen LogP contribution in [0.15, 0.2) is 54.6 Å². The van der Waals surface area contributed by atoms with E-state index in [1.807, 2.05) is 18.2 Å². The first-order valence-electron chi connectivity index (χ1n) is 8.71. The van der Waals surface area contributed by atoms with Gasteiger partial charge in [-0.1, -0.05) is 54.6 Å². The van der Waals surface area contributed by atoms with Gasteiger partial charge in [-0.25, -0.2) is 13.1 Å². The van der Waals surface area contributed by atoms with Crippen LogP contribution in [0.4, 0.5) is 0 Å². The van der Waals surface area contributed by atoms with Crippen LogP contribution in [0.1, 0.15) is 31.7 Å². The lowest BCUT2D eigenvalue weighted by Crippen LogP contribution is -2.47. The van der Waals surface area contributed by atoms with Crippen molar-refractivity contribution in [2.24, 2.45) is 0 Å². The van der Waals surface area contributed by atoms with Gasteiger partial charge in [-0.15, -0.1) is 0 Å². The van der Waals surface area contributed by atoms with E-state index in [2.05, 4.69) is 41.1 Å². The van der Waals surface area contributed by atoms with Gasteiger partial charge in [0.2, 0.25) is 10.0 Å². The second-order valence-electron chi connectivity index (χ2n) is 6.78. The zero-order valence-electron chi connectivity index (χ0n) is 14.7. The highest BCUT2D eigenvalue weighted by molar-refractivity contribution is 7.90. The molecule has 2 atom stereocenters. The maximum atomic E-state index is 12.2. The molecule has 1 aliphatic rings. The molecule has 134 valence electrons. The molecule has 0 amide bonds. The minimum atomic E-state index is -3.32. The van der Waals surface area contributed by atoms with E-state index in [0.29, 0.717) is 13.2 Å². The summed E-state index contributed by atoms with van der Waals surface area (Å²) in [6.07, 6.45) is 0.815. The van der Waals surface area contributed by atoms with E-state index in [4.69, 9.17) is 4.74 Å². The molecule has 1 aliphatic heterocycles. The van der Waals surface area contributed by atoms with Crippen LogP contribution >= 0.6 is 0 Å². The molecule has 2 aromatic rings. The highest BCUT2D eigenvalue weighted by Gasteiger charge is 2.31. The van der Waals surface area contributed by atoms with E-state index >= 15 is 0 Å². The first kappa shape index (κ1) is 18.1. The summed E-state index contributed by atoms with van der Waals surface area (Å²) in [6, 6.07) is 18.4. The summed E-state index contributed by atoms with van der Waals surface area (Å²) in [5.74, 6) is 0.132. The summed E-state index contributed by atoms with van der Waals surface area (Å²) in [4.78, 5) is 0. The number of hydrogen-bond acceptors (Lipinski definition) is 3. The van der Waals surface area contributed by atoms with E-state index in [-0.39, 0.29) is 12.0 Å². The average Bonchev–Trinajstić information content (AvgIpc) is 2.63. The Bertz CT molecular complexity index is 785. The van der Waals surface area contributed by atoms with E-state index < -0.39 is 15.3 Å². The first-order valence-corrected chi connectivity index (χ1v) is 10.3. The molecule has 0 aliphatic carbocycles. The van der Waals surface area contributed by atoms with Crippen LogP contribution in [-0.4, -0.2) is 32.9 Å². The van der Waals surface area contributed by atoms with Crippen molar-refractivity contribution in [2.75, 3.05) is 13.2 Å². The average molecular weight is 359 g/mol. The second-order valence-corrected chi connectivity index (χ2v) is 9.04. The molecule has 1 N–H and O–H groups in total. The van der Waals surface area contributed by atoms with Gasteiger partial charge < -0.3 is 4.74 Å². The third-order valence-electron chi connectivity index (χ3n) is 4.74. The van der Waals surface area contributed by atoms with Crippen molar-refractivity contribution < 1.29 is 13.2 Å². The highest BCUT2D eigenvalue weighted by Crippen LogP contribution is 2.30. The van der Waals surface area contributed by atoms with Crippen LogP contribution in [0.2, 0.25) is 0 Å². The summed E-state index contributed by atoms with van der Waals surface area (Å²) in [7, 11) is -3.32. The van der Waals surface area contributed by atoms with Crippen LogP contribution in [0.25, 0.3) is 11.1 Å². The molecular weight excluding hydrogens is 334 g/mol. The van der Waals surface area contributed by atoms with Crippen LogP contribution < -0.4 is 4.72 Å². The Kier molecular flexibility index (Phi) is 5.57. The van der Waals surface area contributed by atoms with Crippen LogP contribution in [0.3, 0.4) is 0 Å². The van der Waals surface area contributed by atoms with Crippen molar-refractivity contribution in [1.29, 1.82) is 0 Å². The number of hydrogen-bond donors (Lipinski definition) is 1. The Morgan fingerprint density at radius 3 is 2.28 bits per heavy atom. The molecule has 0 bridgehead atoms. The highest BCUT2D eigenvalue weighted by atomic mass is 32.2. The third-order valence-corrected chi connectivity index (χ3v) is 6.61. The minimum absolute atomic E-state index is 0.132. The Morgan fingerprint density at radius 1 is 1.00 bits per heavy atom. The lowest BCUT2D eigenvalue weighted by molar-refractivity contribution is 0.0644. The predicted octanol–water partition coefficient (Wildman–Crippen LogP) is 3.55. The Hall–Kier alpha value is -1.69. The molecule has 1 heterocycles. The van der Waals surface area contributed by atoms with Crippen LogP contribution in [-0.2, 0) is 14.8 Å². The Balaban J connectivity index is 1.81. The summed E-state index contributed by atoms with van der Waals surface area (Å²) < 4.78 is 32.9. The van der Waals surface area contributed by atoms with Crippen LogP contribution in [0, 0.1) is 0 Å². The molecular formula is C20H25NO3S. The van der Waals surface area contributed by atoms with Crippen molar-refractivity contribution in [1.82, 2.24) is 4.72 Å². The maximum absolute atomic E-state index is 12.2. The normalized spacial score (nSPS) is 21.4. The first-order chi connectivity index (χ1) is 12.0. The van der Waals surface area contributed by atoms with Crippen molar-refractivity contribution in [3.8, 4) is 11.1 Å². The van der Waals surface area contributed by atoms with Gasteiger partial charge >= 0.3 is 0 Å². The molecule has 0 aromatic heterocycles. The zero-order chi connectivity index (χ0) is 17.9. The predicted molar refractivity (Wildman–Crippen MR) is 101 cm³/mol. The number of benzene rings is 2. The number of nitrogens with one attached hydrogen (secondary N) is 1. The van der Waals surface area contributed by atoms with Gasteiger partial charge in [0.05, 0.1) is 17.9 Å². The molecule has 0 unspecified atom stereocenters. The van der Waals surface area contributed by atoms with E-state index in [0.717, 1.165) is 17.5 Å². The molecule has 0 spiro atoms. The van der Waals surface area contributed by atoms with Crippen molar-refractivity contribution in [2.45, 2.75) is 37.5 Å². The van der Waals surface area contributed by atoms with Gasteiger partial charge in [-0.05, 0) is 37.0 Å². The molecule has 1 fully saturated rings. The standard InChI is InChI=1S/C20H25NO3S/c1-15(2)25(22,23)21-20-14-24-13-12-19(20)18-10-8-17(9-11-18)16-6-4-3-5-7-16/h3-11,15,19-21H,12-14H2,1-2H3/t19-,20+/m1/s1. The maximum Gasteiger partial charge on any atom is 0.214 e. The fourth-order valence-electron chi connectivity index (χ4n) is 3.15. The topological polar surface area (TPSA) is 55.4 Å². The van der Waals surface area contributed by atoms with Gasteiger partial charge in [0.25, 0.3) is 0 Å². The Labute approximate surface area is 150 Å². The van der Waals surface area contributed by atoms with Crippen molar-refractivity contribution in [3.63, 3.8) is 0 Å². The summed E-state index contributed by atoms with van der Waals surface area (Å²) in [6.45, 7) is 4.45. The largest absolute Gasteiger partial charge is 0.380 e. The fourth-order valence-corrected chi connectivity index (χ4v) is 4.08. The lowest BCUT2D eigenvalue weighted by atomic mass is 9.87. The molecule has 2 aromatic carbocycles. The van der Waals surface area contributed by atoms with E-state index in [9.17, 15) is 8.42 Å². The SMILES string of the molecule is CC(C)S(=O)(=O)N[C@H]1COCC[C@@H]1c1ccc(-c2ccccc2)cc1. The van der Waals surface area contributed by atoms with Gasteiger partial charge in [0, 0.05) is 12.5 Å². The summed E-state index contributed by atoms with van der Waals surface area (Å²) in [5, 5.41) is -0.449. The minimum Gasteiger partial charge on any atom is -0.380 e. The van der Waals surface area contributed by atoms with Crippen molar-refractivity contribution in [3.05, 3.63) is 60.2 Å². The summed E-state index contributed by atoms with van der Waals surface area (Å²) >= 11 is 0. The third kappa shape index (κ3) is 4.29. The molecule has 5 heteroatoms. The van der Waals surface area contributed by atoms with Gasteiger partial charge in [-0.3, -0.25) is 0 Å². The number of sulfonamides is 1. The Morgan fingerprint density at radius 2 is 1.64 bits per heavy atom. The number of ether oxygens (including phenoxy) is 1. The van der Waals surface area contributed by atoms with Crippen LogP contribution in [0.5, 0.6) is 0 Å². The van der Waals surface area contributed by atoms with Gasteiger partial charge in [0.1, 0.15) is 0 Å². The second kappa shape index (κ2) is 7.68. The summed E-state index contributed by atoms with van der Waals surface area (Å²) in [5.41, 5.74) is 3.49. The molecule has 3 rings (SSSR count). The fraction of sp³-hybridized carbons (Fsp3) is 0.400. The monoisotopic (exact) mass is 359 g/mol. The molecule has 1 saturated heterocycles. The quantitative estimate of drug-likeness (QED) is 0.888. The zero-order valence-corrected chi connectivity index (χ0v) is 15.5. The van der Waals surface area contributed by atoms with Gasteiger partial charge in [-0.2, -0.15) is 0 Å². The van der Waals surface area contributed by atoms with Gasteiger partial charge in [0.15, 0.2) is 0 Å².